The van der Waals surface area contributed by atoms with Crippen LogP contribution in [0.1, 0.15) is 44.5 Å². The van der Waals surface area contributed by atoms with E-state index in [1.807, 2.05) is 0 Å². The van der Waals surface area contributed by atoms with Gasteiger partial charge >= 0.3 is 0 Å². The molecule has 0 amide bonds. The summed E-state index contributed by atoms with van der Waals surface area (Å²) in [4.78, 5) is 0.0776. The van der Waals surface area contributed by atoms with Crippen LogP contribution in [0.5, 0.6) is 0 Å². The van der Waals surface area contributed by atoms with Gasteiger partial charge in [-0.3, -0.25) is 0 Å². The molecule has 1 aliphatic rings. The van der Waals surface area contributed by atoms with Gasteiger partial charge in [0.05, 0.1) is 15.7 Å². The molecule has 1 aromatic heterocycles. The number of nitrogens with zero attached hydrogens (tertiary/aromatic N) is 3. The average Bonchev–Trinajstić information content (AvgIpc) is 3.29. The quantitative estimate of drug-likeness (QED) is 0.612. The summed E-state index contributed by atoms with van der Waals surface area (Å²) in [5, 5.41) is 9.87. The summed E-state index contributed by atoms with van der Waals surface area (Å²) in [5.74, 6) is 1.60. The second-order valence-corrected chi connectivity index (χ2v) is 10.3. The number of aromatic nitrogens is 3. The fourth-order valence-corrected chi connectivity index (χ4v) is 6.00. The van der Waals surface area contributed by atoms with Gasteiger partial charge in [-0.05, 0) is 31.0 Å². The van der Waals surface area contributed by atoms with Crippen LogP contribution < -0.4 is 0 Å². The van der Waals surface area contributed by atoms with Crippen molar-refractivity contribution in [3.05, 3.63) is 34.1 Å². The third kappa shape index (κ3) is 4.32. The van der Waals surface area contributed by atoms with Gasteiger partial charge in [0, 0.05) is 22.7 Å². The summed E-state index contributed by atoms with van der Waals surface area (Å²) in [6.07, 6.45) is 2.25. The van der Waals surface area contributed by atoms with Gasteiger partial charge in [-0.15, -0.1) is 10.2 Å². The number of hydrogen-bond donors (Lipinski definition) is 0. The van der Waals surface area contributed by atoms with Crippen LogP contribution in [0.15, 0.2) is 28.3 Å². The maximum absolute atomic E-state index is 12.5. The molecular formula is C16H19Cl2N3O2S2. The molecular weight excluding hydrogens is 401 g/mol. The number of halogens is 2. The third-order valence-electron chi connectivity index (χ3n) is 3.93. The van der Waals surface area contributed by atoms with E-state index in [0.717, 1.165) is 23.8 Å². The van der Waals surface area contributed by atoms with Crippen molar-refractivity contribution in [2.75, 3.05) is 11.5 Å². The van der Waals surface area contributed by atoms with Crippen LogP contribution in [0, 0.1) is 0 Å². The van der Waals surface area contributed by atoms with Gasteiger partial charge in [-0.25, -0.2) is 8.42 Å². The predicted octanol–water partition coefficient (Wildman–Crippen LogP) is 4.61. The molecule has 1 aromatic carbocycles. The van der Waals surface area contributed by atoms with Gasteiger partial charge in [-0.2, -0.15) is 0 Å². The molecule has 1 fully saturated rings. The van der Waals surface area contributed by atoms with Gasteiger partial charge in [0.2, 0.25) is 0 Å². The van der Waals surface area contributed by atoms with E-state index in [-0.39, 0.29) is 21.6 Å². The van der Waals surface area contributed by atoms with Gasteiger partial charge in [0.25, 0.3) is 0 Å². The maximum Gasteiger partial charge on any atom is 0.191 e. The Morgan fingerprint density at radius 3 is 2.64 bits per heavy atom. The molecule has 9 heteroatoms. The van der Waals surface area contributed by atoms with E-state index >= 15 is 0 Å². The molecule has 1 heterocycles. The molecule has 1 saturated carbocycles. The van der Waals surface area contributed by atoms with Gasteiger partial charge in [-0.1, -0.05) is 48.8 Å². The molecule has 0 spiro atoms. The van der Waals surface area contributed by atoms with E-state index in [0.29, 0.717) is 16.8 Å². The third-order valence-corrected chi connectivity index (χ3v) is 7.56. The topological polar surface area (TPSA) is 64.8 Å². The number of thioether (sulfide) groups is 1. The Balaban J connectivity index is 1.72. The summed E-state index contributed by atoms with van der Waals surface area (Å²) in [6, 6.07) is 4.92. The zero-order valence-electron chi connectivity index (χ0n) is 13.9. The number of hydrogen-bond acceptors (Lipinski definition) is 5. The predicted molar refractivity (Wildman–Crippen MR) is 102 cm³/mol. The molecule has 1 aliphatic carbocycles. The highest BCUT2D eigenvalue weighted by molar-refractivity contribution is 8.00. The standard InChI is InChI=1S/C16H19Cl2N3O2S2/c1-10(2)15-19-20-16(21(15)12-4-5-12)24-7-8-25(22,23)14-9-11(17)3-6-13(14)18/h3,6,9-10,12H,4-5,7-8H2,1-2H3. The lowest BCUT2D eigenvalue weighted by molar-refractivity contribution is 0.596. The Labute approximate surface area is 162 Å². The molecule has 136 valence electrons. The van der Waals surface area contributed by atoms with Crippen LogP contribution in [-0.2, 0) is 9.84 Å². The smallest absolute Gasteiger partial charge is 0.191 e. The maximum atomic E-state index is 12.5. The minimum absolute atomic E-state index is 0.0354. The highest BCUT2D eigenvalue weighted by atomic mass is 35.5. The van der Waals surface area contributed by atoms with E-state index in [1.165, 1.54) is 23.9 Å². The molecule has 3 rings (SSSR count). The largest absolute Gasteiger partial charge is 0.303 e. The lowest BCUT2D eigenvalue weighted by Gasteiger charge is -2.11. The molecule has 0 unspecified atom stereocenters. The molecule has 0 aliphatic heterocycles. The number of rotatable bonds is 7. The SMILES string of the molecule is CC(C)c1nnc(SCCS(=O)(=O)c2cc(Cl)ccc2Cl)n1C1CC1. The van der Waals surface area contributed by atoms with Crippen molar-refractivity contribution < 1.29 is 8.42 Å². The summed E-state index contributed by atoms with van der Waals surface area (Å²) in [7, 11) is -3.51. The average molecular weight is 420 g/mol. The van der Waals surface area contributed by atoms with Crippen LogP contribution in [-0.4, -0.2) is 34.7 Å². The lowest BCUT2D eigenvalue weighted by Crippen LogP contribution is -2.10. The summed E-state index contributed by atoms with van der Waals surface area (Å²) < 4.78 is 27.2. The molecule has 0 atom stereocenters. The van der Waals surface area contributed by atoms with E-state index < -0.39 is 9.84 Å². The van der Waals surface area contributed by atoms with Crippen molar-refractivity contribution in [1.82, 2.24) is 14.8 Å². The van der Waals surface area contributed by atoms with Crippen molar-refractivity contribution in [1.29, 1.82) is 0 Å². The van der Waals surface area contributed by atoms with Crippen LogP contribution in [0.2, 0.25) is 10.0 Å². The van der Waals surface area contributed by atoms with E-state index in [2.05, 4.69) is 28.6 Å². The normalized spacial score (nSPS) is 15.1. The van der Waals surface area contributed by atoms with Crippen molar-refractivity contribution in [3.8, 4) is 0 Å². The molecule has 2 aromatic rings. The first-order chi connectivity index (χ1) is 11.8. The van der Waals surface area contributed by atoms with E-state index in [9.17, 15) is 8.42 Å². The van der Waals surface area contributed by atoms with Crippen LogP contribution in [0.25, 0.3) is 0 Å². The second kappa shape index (κ2) is 7.47. The molecule has 25 heavy (non-hydrogen) atoms. The molecule has 0 radical (unpaired) electrons. The van der Waals surface area contributed by atoms with Crippen molar-refractivity contribution in [3.63, 3.8) is 0 Å². The minimum Gasteiger partial charge on any atom is -0.303 e. The fraction of sp³-hybridized carbons (Fsp3) is 0.500. The highest BCUT2D eigenvalue weighted by Crippen LogP contribution is 2.40. The summed E-state index contributed by atoms with van der Waals surface area (Å²) in [6.45, 7) is 4.17. The van der Waals surface area contributed by atoms with Gasteiger partial charge in [0.15, 0.2) is 15.0 Å². The molecule has 0 saturated heterocycles. The Morgan fingerprint density at radius 2 is 2.00 bits per heavy atom. The van der Waals surface area contributed by atoms with Crippen LogP contribution in [0.3, 0.4) is 0 Å². The summed E-state index contributed by atoms with van der Waals surface area (Å²) >= 11 is 13.3. The zero-order valence-corrected chi connectivity index (χ0v) is 17.1. The zero-order chi connectivity index (χ0) is 18.2. The van der Waals surface area contributed by atoms with Crippen molar-refractivity contribution in [2.24, 2.45) is 0 Å². The van der Waals surface area contributed by atoms with Gasteiger partial charge in [0.1, 0.15) is 5.82 Å². The Morgan fingerprint density at radius 1 is 1.28 bits per heavy atom. The Hall–Kier alpha value is -0.760. The minimum atomic E-state index is -3.51. The van der Waals surface area contributed by atoms with Gasteiger partial charge < -0.3 is 4.57 Å². The first-order valence-electron chi connectivity index (χ1n) is 8.05. The Bertz CT molecular complexity index is 878. The van der Waals surface area contributed by atoms with Crippen molar-refractivity contribution in [2.45, 2.75) is 48.7 Å². The first kappa shape index (κ1) is 19.0. The highest BCUT2D eigenvalue weighted by Gasteiger charge is 2.30. The first-order valence-corrected chi connectivity index (χ1v) is 11.4. The van der Waals surface area contributed by atoms with E-state index in [1.54, 1.807) is 6.07 Å². The van der Waals surface area contributed by atoms with Crippen LogP contribution >= 0.6 is 35.0 Å². The monoisotopic (exact) mass is 419 g/mol. The van der Waals surface area contributed by atoms with Crippen molar-refractivity contribution >= 4 is 44.8 Å². The lowest BCUT2D eigenvalue weighted by atomic mass is 10.2. The Kier molecular flexibility index (Phi) is 5.68. The number of sulfone groups is 1. The number of benzene rings is 1. The summed E-state index contributed by atoms with van der Waals surface area (Å²) in [5.41, 5.74) is 0. The molecule has 0 bridgehead atoms. The fourth-order valence-electron chi connectivity index (χ4n) is 2.52. The van der Waals surface area contributed by atoms with Crippen LogP contribution in [0.4, 0.5) is 0 Å². The molecule has 0 N–H and O–H groups in total. The molecule has 5 nitrogen and oxygen atoms in total. The second-order valence-electron chi connectivity index (χ2n) is 6.34. The van der Waals surface area contributed by atoms with E-state index in [4.69, 9.17) is 23.2 Å².